The van der Waals surface area contributed by atoms with Gasteiger partial charge < -0.3 is 4.57 Å². The summed E-state index contributed by atoms with van der Waals surface area (Å²) in [4.78, 5) is 11.9. The van der Waals surface area contributed by atoms with Gasteiger partial charge in [-0.25, -0.2) is 0 Å². The first-order chi connectivity index (χ1) is 8.68. The van der Waals surface area contributed by atoms with E-state index in [1.807, 2.05) is 6.07 Å². The third-order valence-corrected chi connectivity index (χ3v) is 4.81. The molecular formula is C16H23NO. The highest BCUT2D eigenvalue weighted by Gasteiger charge is 2.29. The minimum atomic E-state index is 0.351. The monoisotopic (exact) mass is 245 g/mol. The number of hydrogen-bond acceptors (Lipinski definition) is 1. The summed E-state index contributed by atoms with van der Waals surface area (Å²) in [5.74, 6) is 0.351. The first-order valence-corrected chi connectivity index (χ1v) is 7.39. The number of nitrogens with zero attached hydrogens (tertiary/aromatic N) is 1. The van der Waals surface area contributed by atoms with Crippen molar-refractivity contribution in [3.8, 4) is 0 Å². The van der Waals surface area contributed by atoms with Gasteiger partial charge in [0.1, 0.15) is 0 Å². The molecule has 0 spiro atoms. The van der Waals surface area contributed by atoms with E-state index in [2.05, 4.69) is 17.7 Å². The van der Waals surface area contributed by atoms with Crippen molar-refractivity contribution >= 4 is 5.78 Å². The van der Waals surface area contributed by atoms with Gasteiger partial charge in [0.15, 0.2) is 5.78 Å². The molecule has 0 aromatic carbocycles. The lowest BCUT2D eigenvalue weighted by Crippen LogP contribution is -2.27. The first-order valence-electron chi connectivity index (χ1n) is 7.39. The van der Waals surface area contributed by atoms with Crippen LogP contribution in [0.4, 0.5) is 0 Å². The molecule has 0 bridgehead atoms. The molecule has 3 rings (SSSR count). The molecule has 1 heterocycles. The molecule has 1 aromatic heterocycles. The Morgan fingerprint density at radius 1 is 1.17 bits per heavy atom. The van der Waals surface area contributed by atoms with Crippen molar-refractivity contribution in [2.45, 2.75) is 64.8 Å². The maximum Gasteiger partial charge on any atom is 0.164 e. The van der Waals surface area contributed by atoms with E-state index >= 15 is 0 Å². The Morgan fingerprint density at radius 2 is 1.94 bits per heavy atom. The zero-order valence-electron chi connectivity index (χ0n) is 11.4. The third-order valence-electron chi connectivity index (χ3n) is 4.81. The Bertz CT molecular complexity index is 452. The summed E-state index contributed by atoms with van der Waals surface area (Å²) in [6, 6.07) is 2.04. The predicted molar refractivity (Wildman–Crippen MR) is 72.9 cm³/mol. The molecule has 2 heteroatoms. The molecule has 0 aliphatic heterocycles. The van der Waals surface area contributed by atoms with Crippen LogP contribution in [0.25, 0.3) is 0 Å². The summed E-state index contributed by atoms with van der Waals surface area (Å²) in [5, 5.41) is 0. The number of ketones is 1. The second-order valence-electron chi connectivity index (χ2n) is 6.45. The average Bonchev–Trinajstić information content (AvgIpc) is 2.74. The number of carbonyl (C=O) groups is 1. The Balaban J connectivity index is 1.83. The van der Waals surface area contributed by atoms with E-state index < -0.39 is 0 Å². The molecule has 0 unspecified atom stereocenters. The van der Waals surface area contributed by atoms with Crippen molar-refractivity contribution in [3.63, 3.8) is 0 Å². The van der Waals surface area contributed by atoms with E-state index in [4.69, 9.17) is 0 Å². The SMILES string of the molecule is CC1(Cn2ccc3c2CCCC3=O)CCCCC1. The number of aromatic nitrogens is 1. The summed E-state index contributed by atoms with van der Waals surface area (Å²) in [6.45, 7) is 3.53. The van der Waals surface area contributed by atoms with Crippen molar-refractivity contribution in [2.24, 2.45) is 5.41 Å². The molecular weight excluding hydrogens is 222 g/mol. The van der Waals surface area contributed by atoms with Crippen LogP contribution < -0.4 is 0 Å². The highest BCUT2D eigenvalue weighted by molar-refractivity contribution is 5.98. The Kier molecular flexibility index (Phi) is 3.04. The van der Waals surface area contributed by atoms with Crippen LogP contribution in [0.3, 0.4) is 0 Å². The van der Waals surface area contributed by atoms with Gasteiger partial charge in [-0.3, -0.25) is 4.79 Å². The summed E-state index contributed by atoms with van der Waals surface area (Å²) in [7, 11) is 0. The summed E-state index contributed by atoms with van der Waals surface area (Å²) >= 11 is 0. The molecule has 0 saturated heterocycles. The van der Waals surface area contributed by atoms with Crippen LogP contribution in [0.15, 0.2) is 12.3 Å². The number of Topliss-reactive ketones (excluding diaryl/α,β-unsaturated/α-hetero) is 1. The predicted octanol–water partition coefficient (Wildman–Crippen LogP) is 3.98. The maximum absolute atomic E-state index is 11.9. The van der Waals surface area contributed by atoms with Gasteiger partial charge in [0.25, 0.3) is 0 Å². The lowest BCUT2D eigenvalue weighted by Gasteiger charge is -2.34. The summed E-state index contributed by atoms with van der Waals surface area (Å²) in [5.41, 5.74) is 2.75. The lowest BCUT2D eigenvalue weighted by atomic mass is 9.75. The van der Waals surface area contributed by atoms with E-state index in [9.17, 15) is 4.79 Å². The van der Waals surface area contributed by atoms with E-state index in [0.717, 1.165) is 31.4 Å². The minimum Gasteiger partial charge on any atom is -0.350 e. The van der Waals surface area contributed by atoms with Crippen LogP contribution in [0, 0.1) is 5.41 Å². The highest BCUT2D eigenvalue weighted by Crippen LogP contribution is 2.38. The molecule has 2 nitrogen and oxygen atoms in total. The first kappa shape index (κ1) is 12.0. The van der Waals surface area contributed by atoms with E-state index in [-0.39, 0.29) is 0 Å². The zero-order chi connectivity index (χ0) is 12.6. The van der Waals surface area contributed by atoms with Crippen LogP contribution in [0.1, 0.15) is 67.9 Å². The number of hydrogen-bond donors (Lipinski definition) is 0. The van der Waals surface area contributed by atoms with Crippen molar-refractivity contribution in [1.29, 1.82) is 0 Å². The number of rotatable bonds is 2. The van der Waals surface area contributed by atoms with Gasteiger partial charge in [0, 0.05) is 30.4 Å². The normalized spacial score (nSPS) is 22.8. The maximum atomic E-state index is 11.9. The quantitative estimate of drug-likeness (QED) is 0.772. The van der Waals surface area contributed by atoms with Crippen molar-refractivity contribution in [1.82, 2.24) is 4.57 Å². The van der Waals surface area contributed by atoms with E-state index in [1.54, 1.807) is 0 Å². The van der Waals surface area contributed by atoms with Gasteiger partial charge in [-0.05, 0) is 37.2 Å². The smallest absolute Gasteiger partial charge is 0.164 e. The summed E-state index contributed by atoms with van der Waals surface area (Å²) in [6.07, 6.45) is 11.8. The second kappa shape index (κ2) is 4.56. The van der Waals surface area contributed by atoms with Gasteiger partial charge in [0.05, 0.1) is 0 Å². The zero-order valence-corrected chi connectivity index (χ0v) is 11.4. The topological polar surface area (TPSA) is 22.0 Å². The van der Waals surface area contributed by atoms with Gasteiger partial charge in [-0.2, -0.15) is 0 Å². The molecule has 0 atom stereocenters. The largest absolute Gasteiger partial charge is 0.350 e. The molecule has 0 amide bonds. The fourth-order valence-electron chi connectivity index (χ4n) is 3.71. The Hall–Kier alpha value is -1.05. The average molecular weight is 245 g/mol. The van der Waals surface area contributed by atoms with Crippen LogP contribution in [-0.4, -0.2) is 10.4 Å². The lowest BCUT2D eigenvalue weighted by molar-refractivity contribution is 0.0970. The molecule has 0 radical (unpaired) electrons. The molecule has 98 valence electrons. The number of fused-ring (bicyclic) bond motifs is 1. The van der Waals surface area contributed by atoms with Crippen LogP contribution in [-0.2, 0) is 13.0 Å². The third kappa shape index (κ3) is 2.13. The molecule has 1 fully saturated rings. The van der Waals surface area contributed by atoms with Crippen LogP contribution in [0.2, 0.25) is 0 Å². The van der Waals surface area contributed by atoms with Gasteiger partial charge in [-0.15, -0.1) is 0 Å². The van der Waals surface area contributed by atoms with Gasteiger partial charge in [0.2, 0.25) is 0 Å². The molecule has 2 aliphatic rings. The minimum absolute atomic E-state index is 0.351. The highest BCUT2D eigenvalue weighted by atomic mass is 16.1. The second-order valence-corrected chi connectivity index (χ2v) is 6.45. The van der Waals surface area contributed by atoms with Crippen LogP contribution in [0.5, 0.6) is 0 Å². The van der Waals surface area contributed by atoms with Gasteiger partial charge >= 0.3 is 0 Å². The van der Waals surface area contributed by atoms with E-state index in [1.165, 1.54) is 37.8 Å². The Labute approximate surface area is 109 Å². The molecule has 2 aliphatic carbocycles. The van der Waals surface area contributed by atoms with Crippen molar-refractivity contribution in [3.05, 3.63) is 23.5 Å². The van der Waals surface area contributed by atoms with Crippen molar-refractivity contribution < 1.29 is 4.79 Å². The van der Waals surface area contributed by atoms with Gasteiger partial charge in [-0.1, -0.05) is 26.2 Å². The van der Waals surface area contributed by atoms with Crippen LogP contribution >= 0.6 is 0 Å². The number of carbonyl (C=O) groups excluding carboxylic acids is 1. The summed E-state index contributed by atoms with van der Waals surface area (Å²) < 4.78 is 2.37. The molecule has 1 aromatic rings. The Morgan fingerprint density at radius 3 is 2.72 bits per heavy atom. The van der Waals surface area contributed by atoms with E-state index in [0.29, 0.717) is 11.2 Å². The standard InChI is InChI=1S/C16H23NO/c1-16(9-3-2-4-10-16)12-17-11-8-13-14(17)6-5-7-15(13)18/h8,11H,2-7,9-10,12H2,1H3. The molecule has 1 saturated carbocycles. The molecule has 18 heavy (non-hydrogen) atoms. The fraction of sp³-hybridized carbons (Fsp3) is 0.688. The molecule has 0 N–H and O–H groups in total. The fourth-order valence-corrected chi connectivity index (χ4v) is 3.71. The van der Waals surface area contributed by atoms with Crippen molar-refractivity contribution in [2.75, 3.05) is 0 Å².